The van der Waals surface area contributed by atoms with Gasteiger partial charge >= 0.3 is 0 Å². The molecule has 2 heterocycles. The van der Waals surface area contributed by atoms with Gasteiger partial charge in [-0.15, -0.1) is 0 Å². The molecule has 5 rings (SSSR count). The standard InChI is InChI=1S/C23H25N3O2/c27-22-14-18(23(28)25-10-3-8-24-9-11-25)15-26(22)19-6-7-21-17(13-19)12-16-4-1-2-5-20(16)21/h1-2,4-7,13,18,24H,3,8-12,14-15H2. The van der Waals surface area contributed by atoms with Gasteiger partial charge < -0.3 is 15.1 Å². The second-order valence-corrected chi connectivity index (χ2v) is 8.01. The average molecular weight is 375 g/mol. The van der Waals surface area contributed by atoms with Crippen molar-refractivity contribution in [2.45, 2.75) is 19.3 Å². The van der Waals surface area contributed by atoms with E-state index in [0.717, 1.165) is 44.7 Å². The number of carbonyl (C=O) groups excluding carboxylic acids is 2. The number of benzene rings is 2. The van der Waals surface area contributed by atoms with E-state index in [1.807, 2.05) is 15.9 Å². The van der Waals surface area contributed by atoms with E-state index in [2.05, 4.69) is 41.7 Å². The van der Waals surface area contributed by atoms with Crippen molar-refractivity contribution >= 4 is 17.5 Å². The number of nitrogens with zero attached hydrogens (tertiary/aromatic N) is 2. The lowest BCUT2D eigenvalue weighted by Crippen LogP contribution is -2.39. The normalized spacial score (nSPS) is 21.4. The van der Waals surface area contributed by atoms with E-state index in [9.17, 15) is 9.59 Å². The van der Waals surface area contributed by atoms with Crippen molar-refractivity contribution in [3.05, 3.63) is 53.6 Å². The molecule has 3 aliphatic rings. The van der Waals surface area contributed by atoms with Crippen LogP contribution in [0.25, 0.3) is 11.1 Å². The Morgan fingerprint density at radius 1 is 1.00 bits per heavy atom. The number of anilines is 1. The van der Waals surface area contributed by atoms with E-state index in [0.29, 0.717) is 13.0 Å². The minimum atomic E-state index is -0.226. The summed E-state index contributed by atoms with van der Waals surface area (Å²) in [4.78, 5) is 29.4. The van der Waals surface area contributed by atoms with Crippen LogP contribution in [-0.4, -0.2) is 49.4 Å². The minimum Gasteiger partial charge on any atom is -0.341 e. The molecule has 2 saturated heterocycles. The van der Waals surface area contributed by atoms with Crippen LogP contribution in [0.5, 0.6) is 0 Å². The van der Waals surface area contributed by atoms with Crippen LogP contribution in [0.1, 0.15) is 24.0 Å². The predicted molar refractivity (Wildman–Crippen MR) is 109 cm³/mol. The first-order valence-electron chi connectivity index (χ1n) is 10.2. The Morgan fingerprint density at radius 2 is 1.86 bits per heavy atom. The first kappa shape index (κ1) is 17.4. The maximum atomic E-state index is 12.9. The van der Waals surface area contributed by atoms with Crippen molar-refractivity contribution in [2.75, 3.05) is 37.6 Å². The minimum absolute atomic E-state index is 0.0572. The van der Waals surface area contributed by atoms with Gasteiger partial charge in [-0.3, -0.25) is 9.59 Å². The van der Waals surface area contributed by atoms with Crippen molar-refractivity contribution in [3.8, 4) is 11.1 Å². The maximum absolute atomic E-state index is 12.9. The highest BCUT2D eigenvalue weighted by Gasteiger charge is 2.37. The summed E-state index contributed by atoms with van der Waals surface area (Å²) in [5, 5.41) is 3.33. The van der Waals surface area contributed by atoms with Crippen LogP contribution in [0.2, 0.25) is 0 Å². The summed E-state index contributed by atoms with van der Waals surface area (Å²) < 4.78 is 0. The molecule has 1 atom stereocenters. The van der Waals surface area contributed by atoms with Crippen molar-refractivity contribution in [1.82, 2.24) is 10.2 Å². The monoisotopic (exact) mass is 375 g/mol. The van der Waals surface area contributed by atoms with E-state index in [1.54, 1.807) is 0 Å². The zero-order valence-corrected chi connectivity index (χ0v) is 16.0. The highest BCUT2D eigenvalue weighted by molar-refractivity contribution is 6.00. The largest absolute Gasteiger partial charge is 0.341 e. The van der Waals surface area contributed by atoms with E-state index in [-0.39, 0.29) is 17.7 Å². The lowest BCUT2D eigenvalue weighted by atomic mass is 10.1. The van der Waals surface area contributed by atoms with Crippen LogP contribution in [0.3, 0.4) is 0 Å². The molecule has 5 heteroatoms. The molecule has 2 fully saturated rings. The number of hydrogen-bond donors (Lipinski definition) is 1. The fourth-order valence-corrected chi connectivity index (χ4v) is 4.75. The molecule has 0 radical (unpaired) electrons. The third-order valence-electron chi connectivity index (χ3n) is 6.21. The Kier molecular flexibility index (Phi) is 4.40. The van der Waals surface area contributed by atoms with Crippen LogP contribution < -0.4 is 10.2 Å². The van der Waals surface area contributed by atoms with Gasteiger partial charge in [0.2, 0.25) is 11.8 Å². The molecule has 2 aromatic rings. The number of carbonyl (C=O) groups is 2. The number of rotatable bonds is 2. The first-order chi connectivity index (χ1) is 13.7. The molecule has 2 amide bonds. The van der Waals surface area contributed by atoms with Gasteiger partial charge in [-0.2, -0.15) is 0 Å². The average Bonchev–Trinajstić information content (AvgIpc) is 3.15. The van der Waals surface area contributed by atoms with Gasteiger partial charge in [-0.05, 0) is 53.8 Å². The number of fused-ring (bicyclic) bond motifs is 3. The molecule has 0 saturated carbocycles. The molecule has 0 bridgehead atoms. The molecular formula is C23H25N3O2. The van der Waals surface area contributed by atoms with Gasteiger partial charge in [-0.25, -0.2) is 0 Å². The molecule has 0 spiro atoms. The number of hydrogen-bond acceptors (Lipinski definition) is 3. The molecule has 28 heavy (non-hydrogen) atoms. The molecule has 2 aromatic carbocycles. The van der Waals surface area contributed by atoms with Crippen LogP contribution in [0.4, 0.5) is 5.69 Å². The summed E-state index contributed by atoms with van der Waals surface area (Å²) in [6, 6.07) is 14.8. The van der Waals surface area contributed by atoms with Gasteiger partial charge in [0.25, 0.3) is 0 Å². The highest BCUT2D eigenvalue weighted by atomic mass is 16.2. The number of amides is 2. The summed E-state index contributed by atoms with van der Waals surface area (Å²) in [6.07, 6.45) is 2.20. The van der Waals surface area contributed by atoms with Gasteiger partial charge in [-0.1, -0.05) is 30.3 Å². The summed E-state index contributed by atoms with van der Waals surface area (Å²) in [5.41, 5.74) is 6.07. The number of nitrogens with one attached hydrogen (secondary N) is 1. The van der Waals surface area contributed by atoms with Crippen LogP contribution >= 0.6 is 0 Å². The maximum Gasteiger partial charge on any atom is 0.228 e. The predicted octanol–water partition coefficient (Wildman–Crippen LogP) is 2.43. The molecule has 144 valence electrons. The Bertz CT molecular complexity index is 931. The smallest absolute Gasteiger partial charge is 0.228 e. The third kappa shape index (κ3) is 3.00. The summed E-state index contributed by atoms with van der Waals surface area (Å²) in [6.45, 7) is 3.81. The lowest BCUT2D eigenvalue weighted by Gasteiger charge is -2.23. The summed E-state index contributed by atoms with van der Waals surface area (Å²) in [7, 11) is 0. The molecular weight excluding hydrogens is 350 g/mol. The first-order valence-corrected chi connectivity index (χ1v) is 10.2. The van der Waals surface area contributed by atoms with E-state index < -0.39 is 0 Å². The zero-order chi connectivity index (χ0) is 19.1. The molecule has 0 aromatic heterocycles. The lowest BCUT2D eigenvalue weighted by molar-refractivity contribution is -0.135. The van der Waals surface area contributed by atoms with Crippen molar-refractivity contribution in [1.29, 1.82) is 0 Å². The van der Waals surface area contributed by atoms with Crippen LogP contribution in [0.15, 0.2) is 42.5 Å². The Morgan fingerprint density at radius 3 is 2.79 bits per heavy atom. The van der Waals surface area contributed by atoms with Crippen molar-refractivity contribution in [2.24, 2.45) is 5.92 Å². The Hall–Kier alpha value is -2.66. The fourth-order valence-electron chi connectivity index (χ4n) is 4.75. The van der Waals surface area contributed by atoms with E-state index >= 15 is 0 Å². The van der Waals surface area contributed by atoms with Crippen molar-refractivity contribution < 1.29 is 9.59 Å². The van der Waals surface area contributed by atoms with Gasteiger partial charge in [0.1, 0.15) is 0 Å². The van der Waals surface area contributed by atoms with Gasteiger partial charge in [0.05, 0.1) is 5.92 Å². The second kappa shape index (κ2) is 7.06. The highest BCUT2D eigenvalue weighted by Crippen LogP contribution is 2.39. The Labute approximate surface area is 165 Å². The van der Waals surface area contributed by atoms with E-state index in [1.165, 1.54) is 22.3 Å². The molecule has 2 aliphatic heterocycles. The summed E-state index contributed by atoms with van der Waals surface area (Å²) in [5.74, 6) is -0.0362. The van der Waals surface area contributed by atoms with Crippen molar-refractivity contribution in [3.63, 3.8) is 0 Å². The molecule has 1 unspecified atom stereocenters. The van der Waals surface area contributed by atoms with E-state index in [4.69, 9.17) is 0 Å². The van der Waals surface area contributed by atoms with Gasteiger partial charge in [0, 0.05) is 38.3 Å². The molecule has 1 N–H and O–H groups in total. The Balaban J connectivity index is 1.34. The summed E-state index contributed by atoms with van der Waals surface area (Å²) >= 11 is 0. The molecule has 1 aliphatic carbocycles. The third-order valence-corrected chi connectivity index (χ3v) is 6.21. The second-order valence-electron chi connectivity index (χ2n) is 8.01. The van der Waals surface area contributed by atoms with Gasteiger partial charge in [0.15, 0.2) is 0 Å². The van der Waals surface area contributed by atoms with Crippen LogP contribution in [0, 0.1) is 5.92 Å². The SMILES string of the molecule is O=C(C1CC(=O)N(c2ccc3c(c2)Cc2ccccc2-3)C1)N1CCCNCC1. The fraction of sp³-hybridized carbons (Fsp3) is 0.391. The molecule has 5 nitrogen and oxygen atoms in total. The topological polar surface area (TPSA) is 52.7 Å². The van der Waals surface area contributed by atoms with Crippen LogP contribution in [-0.2, 0) is 16.0 Å². The quantitative estimate of drug-likeness (QED) is 0.749. The zero-order valence-electron chi connectivity index (χ0n) is 16.0.